The summed E-state index contributed by atoms with van der Waals surface area (Å²) in [7, 11) is -3.74. The van der Waals surface area contributed by atoms with E-state index >= 15 is 0 Å². The molecule has 0 atom stereocenters. The third-order valence-corrected chi connectivity index (χ3v) is 5.75. The Morgan fingerprint density at radius 2 is 1.00 bits per heavy atom. The Morgan fingerprint density at radius 1 is 0.645 bits per heavy atom. The molecule has 0 aliphatic heterocycles. The van der Waals surface area contributed by atoms with Gasteiger partial charge in [-0.15, -0.1) is 0 Å². The Kier molecular flexibility index (Phi) is 8.72. The van der Waals surface area contributed by atoms with Crippen molar-refractivity contribution in [2.75, 3.05) is 10.6 Å². The summed E-state index contributed by atoms with van der Waals surface area (Å²) in [6, 6.07) is 11.8. The maximum absolute atomic E-state index is 12.8. The molecule has 2 amide bonds. The van der Waals surface area contributed by atoms with E-state index in [-0.39, 0.29) is 21.6 Å². The average Bonchev–Trinajstić information content (AvgIpc) is 2.75. The van der Waals surface area contributed by atoms with Gasteiger partial charge in [0.15, 0.2) is 0 Å². The quantitative estimate of drug-likeness (QED) is 0.465. The standard InChI is InChI=1S/C24H24N2O4S/c1-3-5-7-9-23(27)25-19-11-15-21(16-12-19)31(29,30)22-17-13-20(14-18-22)26-24(28)10-8-6-4-2/h3-18H,1-2H3,(H,25,27)(H,26,28)/b5-3+,6-4+,9-7+,10-8+. The topological polar surface area (TPSA) is 92.3 Å². The van der Waals surface area contributed by atoms with Gasteiger partial charge in [0.25, 0.3) is 0 Å². The highest BCUT2D eigenvalue weighted by Gasteiger charge is 2.17. The second-order valence-corrected chi connectivity index (χ2v) is 8.25. The van der Waals surface area contributed by atoms with Crippen LogP contribution in [0.3, 0.4) is 0 Å². The predicted molar refractivity (Wildman–Crippen MR) is 124 cm³/mol. The van der Waals surface area contributed by atoms with Gasteiger partial charge in [-0.1, -0.05) is 36.5 Å². The van der Waals surface area contributed by atoms with Gasteiger partial charge in [0.1, 0.15) is 0 Å². The number of allylic oxidation sites excluding steroid dienone is 6. The van der Waals surface area contributed by atoms with Crippen LogP contribution in [0.15, 0.2) is 107 Å². The van der Waals surface area contributed by atoms with Gasteiger partial charge in [-0.3, -0.25) is 9.59 Å². The molecule has 2 aromatic rings. The van der Waals surface area contributed by atoms with Gasteiger partial charge in [0, 0.05) is 23.5 Å². The minimum atomic E-state index is -3.74. The van der Waals surface area contributed by atoms with E-state index in [1.165, 1.54) is 60.7 Å². The number of carbonyl (C=O) groups is 2. The summed E-state index contributed by atoms with van der Waals surface area (Å²) in [5.74, 6) is -0.626. The molecule has 160 valence electrons. The summed E-state index contributed by atoms with van der Waals surface area (Å²) >= 11 is 0. The van der Waals surface area contributed by atoms with Gasteiger partial charge in [-0.2, -0.15) is 0 Å². The van der Waals surface area contributed by atoms with E-state index in [1.807, 2.05) is 13.8 Å². The average molecular weight is 437 g/mol. The van der Waals surface area contributed by atoms with Crippen LogP contribution in [0.4, 0.5) is 11.4 Å². The van der Waals surface area contributed by atoms with Gasteiger partial charge in [-0.25, -0.2) is 8.42 Å². The SMILES string of the molecule is C/C=C/C=C/C(=O)Nc1ccc(S(=O)(=O)c2ccc(NC(=O)/C=C/C=C/C)cc2)cc1. The summed E-state index contributed by atoms with van der Waals surface area (Å²) < 4.78 is 25.7. The molecule has 0 saturated carbocycles. The Labute approximate surface area is 182 Å². The van der Waals surface area contributed by atoms with E-state index in [2.05, 4.69) is 10.6 Å². The van der Waals surface area contributed by atoms with Crippen LogP contribution in [0, 0.1) is 0 Å². The van der Waals surface area contributed by atoms with Gasteiger partial charge < -0.3 is 10.6 Å². The second-order valence-electron chi connectivity index (χ2n) is 6.30. The minimum Gasteiger partial charge on any atom is -0.323 e. The molecule has 31 heavy (non-hydrogen) atoms. The van der Waals surface area contributed by atoms with E-state index < -0.39 is 9.84 Å². The number of sulfone groups is 1. The van der Waals surface area contributed by atoms with Crippen LogP contribution in [0.2, 0.25) is 0 Å². The fourth-order valence-electron chi connectivity index (χ4n) is 2.45. The highest BCUT2D eigenvalue weighted by Crippen LogP contribution is 2.23. The van der Waals surface area contributed by atoms with Gasteiger partial charge >= 0.3 is 0 Å². The molecule has 0 fully saturated rings. The van der Waals surface area contributed by atoms with Crippen molar-refractivity contribution >= 4 is 33.0 Å². The maximum Gasteiger partial charge on any atom is 0.248 e. The number of hydrogen-bond donors (Lipinski definition) is 2. The molecule has 0 spiro atoms. The monoisotopic (exact) mass is 436 g/mol. The summed E-state index contributed by atoms with van der Waals surface area (Å²) in [5.41, 5.74) is 0.969. The van der Waals surface area contributed by atoms with E-state index in [1.54, 1.807) is 36.5 Å². The first-order valence-electron chi connectivity index (χ1n) is 9.52. The van der Waals surface area contributed by atoms with E-state index in [9.17, 15) is 18.0 Å². The molecule has 0 aliphatic carbocycles. The Hall–Kier alpha value is -3.71. The van der Waals surface area contributed by atoms with Crippen molar-refractivity contribution in [3.8, 4) is 0 Å². The summed E-state index contributed by atoms with van der Waals surface area (Å²) in [4.78, 5) is 23.8. The van der Waals surface area contributed by atoms with E-state index in [0.29, 0.717) is 11.4 Å². The molecular formula is C24H24N2O4S. The zero-order valence-corrected chi connectivity index (χ0v) is 18.1. The number of nitrogens with one attached hydrogen (secondary N) is 2. The summed E-state index contributed by atoms with van der Waals surface area (Å²) in [5, 5.41) is 5.32. The van der Waals surface area contributed by atoms with E-state index in [0.717, 1.165) is 0 Å². The molecule has 6 nitrogen and oxygen atoms in total. The fraction of sp³-hybridized carbons (Fsp3) is 0.0833. The van der Waals surface area contributed by atoms with Crippen LogP contribution in [0.5, 0.6) is 0 Å². The Balaban J connectivity index is 2.09. The molecule has 0 unspecified atom stereocenters. The van der Waals surface area contributed by atoms with Gasteiger partial charge in [-0.05, 0) is 62.4 Å². The van der Waals surface area contributed by atoms with Crippen LogP contribution in [-0.2, 0) is 19.4 Å². The molecule has 2 aromatic carbocycles. The highest BCUT2D eigenvalue weighted by atomic mass is 32.2. The van der Waals surface area contributed by atoms with Crippen LogP contribution >= 0.6 is 0 Å². The van der Waals surface area contributed by atoms with Crippen LogP contribution in [0.1, 0.15) is 13.8 Å². The minimum absolute atomic E-state index is 0.0982. The van der Waals surface area contributed by atoms with Crippen LogP contribution in [-0.4, -0.2) is 20.2 Å². The molecule has 0 radical (unpaired) electrons. The first-order chi connectivity index (χ1) is 14.9. The molecule has 0 saturated heterocycles. The highest BCUT2D eigenvalue weighted by molar-refractivity contribution is 7.91. The summed E-state index contributed by atoms with van der Waals surface area (Å²) in [6.45, 7) is 3.68. The molecule has 0 heterocycles. The molecule has 2 N–H and O–H groups in total. The lowest BCUT2D eigenvalue weighted by molar-refractivity contribution is -0.112. The number of anilines is 2. The molecule has 2 rings (SSSR count). The van der Waals surface area contributed by atoms with Gasteiger partial charge in [0.2, 0.25) is 21.7 Å². The number of benzene rings is 2. The normalized spacial score (nSPS) is 12.2. The third kappa shape index (κ3) is 7.24. The van der Waals surface area contributed by atoms with Crippen LogP contribution in [0.25, 0.3) is 0 Å². The first kappa shape index (κ1) is 23.6. The lowest BCUT2D eigenvalue weighted by atomic mass is 10.3. The summed E-state index contributed by atoms with van der Waals surface area (Å²) in [6.07, 6.45) is 13.0. The Bertz CT molecular complexity index is 1040. The van der Waals surface area contributed by atoms with Crippen molar-refractivity contribution in [3.05, 3.63) is 97.1 Å². The van der Waals surface area contributed by atoms with Gasteiger partial charge in [0.05, 0.1) is 9.79 Å². The molecular weight excluding hydrogens is 412 g/mol. The molecule has 0 bridgehead atoms. The zero-order valence-electron chi connectivity index (χ0n) is 17.3. The largest absolute Gasteiger partial charge is 0.323 e. The van der Waals surface area contributed by atoms with Crippen molar-refractivity contribution in [2.24, 2.45) is 0 Å². The number of carbonyl (C=O) groups excluding carboxylic acids is 2. The third-order valence-electron chi connectivity index (χ3n) is 3.97. The molecule has 0 aromatic heterocycles. The maximum atomic E-state index is 12.8. The number of rotatable bonds is 8. The van der Waals surface area contributed by atoms with Crippen molar-refractivity contribution in [1.29, 1.82) is 0 Å². The number of amides is 2. The second kappa shape index (κ2) is 11.5. The molecule has 7 heteroatoms. The Morgan fingerprint density at radius 3 is 1.32 bits per heavy atom. The smallest absolute Gasteiger partial charge is 0.248 e. The van der Waals surface area contributed by atoms with Crippen LogP contribution < -0.4 is 10.6 Å². The first-order valence-corrected chi connectivity index (χ1v) is 11.0. The lowest BCUT2D eigenvalue weighted by Gasteiger charge is -2.08. The van der Waals surface area contributed by atoms with Crippen molar-refractivity contribution in [3.63, 3.8) is 0 Å². The lowest BCUT2D eigenvalue weighted by Crippen LogP contribution is -2.09. The van der Waals surface area contributed by atoms with Crippen molar-refractivity contribution < 1.29 is 18.0 Å². The van der Waals surface area contributed by atoms with Crippen molar-refractivity contribution in [1.82, 2.24) is 0 Å². The fourth-order valence-corrected chi connectivity index (χ4v) is 3.71. The predicted octanol–water partition coefficient (Wildman–Crippen LogP) is 4.66. The molecule has 0 aliphatic rings. The van der Waals surface area contributed by atoms with E-state index in [4.69, 9.17) is 0 Å². The zero-order chi connectivity index (χ0) is 22.7. The van der Waals surface area contributed by atoms with Crippen molar-refractivity contribution in [2.45, 2.75) is 23.6 Å². The number of hydrogen-bond acceptors (Lipinski definition) is 4.